The summed E-state index contributed by atoms with van der Waals surface area (Å²) in [6.45, 7) is 4.35. The molecule has 2 aromatic rings. The van der Waals surface area contributed by atoms with Crippen LogP contribution in [0.4, 0.5) is 0 Å². The maximum absolute atomic E-state index is 6.62. The van der Waals surface area contributed by atoms with Crippen LogP contribution in [-0.2, 0) is 0 Å². The van der Waals surface area contributed by atoms with Crippen molar-refractivity contribution in [1.82, 2.24) is 0 Å². The fourth-order valence-electron chi connectivity index (χ4n) is 2.59. The average molecular weight is 340 g/mol. The van der Waals surface area contributed by atoms with Crippen molar-refractivity contribution in [1.29, 1.82) is 0 Å². The van der Waals surface area contributed by atoms with Gasteiger partial charge in [-0.15, -0.1) is 0 Å². The highest BCUT2D eigenvalue weighted by Crippen LogP contribution is 2.27. The van der Waals surface area contributed by atoms with Gasteiger partial charge in [-0.2, -0.15) is 0 Å². The lowest BCUT2D eigenvalue weighted by atomic mass is 10.0. The second-order valence-corrected chi connectivity index (χ2v) is 6.35. The van der Waals surface area contributed by atoms with Crippen LogP contribution in [0.15, 0.2) is 70.7 Å². The van der Waals surface area contributed by atoms with E-state index >= 15 is 0 Å². The van der Waals surface area contributed by atoms with Crippen LogP contribution in [-0.4, -0.2) is 5.71 Å². The van der Waals surface area contributed by atoms with Crippen LogP contribution in [0.3, 0.4) is 0 Å². The third kappa shape index (κ3) is 5.35. The molecule has 2 rings (SSSR count). The van der Waals surface area contributed by atoms with Gasteiger partial charge in [0.15, 0.2) is 0 Å². The molecule has 0 bridgehead atoms. The molecule has 0 aromatic heterocycles. The Morgan fingerprint density at radius 1 is 0.792 bits per heavy atom. The van der Waals surface area contributed by atoms with E-state index in [1.807, 2.05) is 24.3 Å². The first-order valence-corrected chi connectivity index (χ1v) is 9.21. The van der Waals surface area contributed by atoms with E-state index < -0.39 is 0 Å². The fraction of sp³-hybridized carbons (Fsp3) is 0.318. The number of rotatable bonds is 8. The second-order valence-electron chi connectivity index (χ2n) is 5.90. The lowest BCUT2D eigenvalue weighted by Crippen LogP contribution is -2.02. The van der Waals surface area contributed by atoms with Gasteiger partial charge < -0.3 is 0 Å². The predicted molar refractivity (Wildman–Crippen MR) is 107 cm³/mol. The van der Waals surface area contributed by atoms with Crippen molar-refractivity contribution in [3.8, 4) is 0 Å². The molecule has 0 saturated carbocycles. The van der Waals surface area contributed by atoms with E-state index in [0.29, 0.717) is 0 Å². The first-order valence-electron chi connectivity index (χ1n) is 8.83. The molecule has 0 heterocycles. The highest BCUT2D eigenvalue weighted by molar-refractivity contribution is 6.32. The topological polar surface area (TPSA) is 12.4 Å². The van der Waals surface area contributed by atoms with Crippen LogP contribution in [0, 0.1) is 0 Å². The Morgan fingerprint density at radius 3 is 1.92 bits per heavy atom. The lowest BCUT2D eigenvalue weighted by molar-refractivity contribution is 0.835. The summed E-state index contributed by atoms with van der Waals surface area (Å²) >= 11 is 6.62. The molecule has 24 heavy (non-hydrogen) atoms. The Kier molecular flexibility index (Phi) is 7.77. The third-order valence-corrected chi connectivity index (χ3v) is 4.26. The van der Waals surface area contributed by atoms with E-state index in [2.05, 4.69) is 50.2 Å². The number of hydrogen-bond acceptors (Lipinski definition) is 1. The minimum Gasteiger partial charge on any atom is -0.251 e. The fourth-order valence-corrected chi connectivity index (χ4v) is 2.93. The molecule has 0 aliphatic carbocycles. The zero-order chi connectivity index (χ0) is 17.2. The van der Waals surface area contributed by atoms with E-state index in [9.17, 15) is 0 Å². The molecule has 0 aliphatic rings. The van der Waals surface area contributed by atoms with Crippen LogP contribution in [0.5, 0.6) is 0 Å². The zero-order valence-electron chi connectivity index (χ0n) is 14.6. The molecule has 2 heteroatoms. The van der Waals surface area contributed by atoms with Crippen molar-refractivity contribution >= 4 is 23.0 Å². The normalized spacial score (nSPS) is 12.9. The lowest BCUT2D eigenvalue weighted by Gasteiger charge is -2.11. The van der Waals surface area contributed by atoms with E-state index in [4.69, 9.17) is 16.6 Å². The van der Waals surface area contributed by atoms with E-state index in [1.54, 1.807) is 0 Å². The number of hydrogen-bond donors (Lipinski definition) is 0. The number of nitrogens with zero attached hydrogens (tertiary/aromatic N) is 1. The Labute approximate surface area is 151 Å². The third-order valence-electron chi connectivity index (χ3n) is 3.89. The van der Waals surface area contributed by atoms with Gasteiger partial charge in [-0.25, -0.2) is 0 Å². The molecule has 0 amide bonds. The van der Waals surface area contributed by atoms with Gasteiger partial charge in [0.2, 0.25) is 0 Å². The number of allylic oxidation sites excluding steroid dienone is 1. The summed E-state index contributed by atoms with van der Waals surface area (Å²) in [5.41, 5.74) is 4.29. The number of benzene rings is 2. The van der Waals surface area contributed by atoms with Gasteiger partial charge >= 0.3 is 0 Å². The van der Waals surface area contributed by atoms with Crippen LogP contribution in [0.2, 0.25) is 0 Å². The molecule has 126 valence electrons. The molecule has 0 N–H and O–H groups in total. The Bertz CT molecular complexity index is 672. The van der Waals surface area contributed by atoms with Gasteiger partial charge in [0.05, 0.1) is 5.70 Å². The summed E-state index contributed by atoms with van der Waals surface area (Å²) in [4.78, 5) is 5.04. The first-order chi connectivity index (χ1) is 11.8. The first kappa shape index (κ1) is 18.5. The van der Waals surface area contributed by atoms with Gasteiger partial charge in [0.1, 0.15) is 0 Å². The minimum absolute atomic E-state index is 0.841. The van der Waals surface area contributed by atoms with Gasteiger partial charge in [-0.1, -0.05) is 99.0 Å². The standard InChI is InChI=1S/C22H26ClN/c1-3-5-17-21(18-13-8-6-9-14-18)24-22(20(23)12-4-2)19-15-10-7-11-16-19/h6-11,13-16H,3-5,12,17H2,1-2H3/b22-20+,24-21?. The summed E-state index contributed by atoms with van der Waals surface area (Å²) in [5, 5.41) is 0.841. The number of unbranched alkanes of at least 4 members (excludes halogenated alkanes) is 1. The summed E-state index contributed by atoms with van der Waals surface area (Å²) in [6, 6.07) is 20.7. The van der Waals surface area contributed by atoms with E-state index in [0.717, 1.165) is 54.1 Å². The largest absolute Gasteiger partial charge is 0.251 e. The van der Waals surface area contributed by atoms with Crippen molar-refractivity contribution in [2.45, 2.75) is 46.0 Å². The predicted octanol–water partition coefficient (Wildman–Crippen LogP) is 7.07. The van der Waals surface area contributed by atoms with Crippen molar-refractivity contribution in [3.05, 3.63) is 76.8 Å². The zero-order valence-corrected chi connectivity index (χ0v) is 15.4. The van der Waals surface area contributed by atoms with Crippen LogP contribution in [0.1, 0.15) is 57.1 Å². The molecule has 0 aliphatic heterocycles. The molecule has 0 radical (unpaired) electrons. The summed E-state index contributed by atoms with van der Waals surface area (Å²) in [7, 11) is 0. The van der Waals surface area contributed by atoms with Crippen molar-refractivity contribution < 1.29 is 0 Å². The molecular formula is C22H26ClN. The average Bonchev–Trinajstić information content (AvgIpc) is 2.63. The maximum atomic E-state index is 6.62. The van der Waals surface area contributed by atoms with Crippen LogP contribution < -0.4 is 0 Å². The SMILES string of the molecule is CCCCC(=N/C(=C(/Cl)CCC)c1ccccc1)c1ccccc1. The molecule has 0 saturated heterocycles. The highest BCUT2D eigenvalue weighted by Gasteiger charge is 2.10. The Balaban J connectivity index is 2.49. The number of aliphatic imine (C=N–C) groups is 1. The van der Waals surface area contributed by atoms with E-state index in [-0.39, 0.29) is 0 Å². The highest BCUT2D eigenvalue weighted by atomic mass is 35.5. The quantitative estimate of drug-likeness (QED) is 0.456. The second kappa shape index (κ2) is 10.1. The summed E-state index contributed by atoms with van der Waals surface area (Å²) < 4.78 is 0. The van der Waals surface area contributed by atoms with Crippen LogP contribution >= 0.6 is 11.6 Å². The van der Waals surface area contributed by atoms with Crippen LogP contribution in [0.25, 0.3) is 5.70 Å². The van der Waals surface area contributed by atoms with Crippen molar-refractivity contribution in [3.63, 3.8) is 0 Å². The monoisotopic (exact) mass is 339 g/mol. The molecule has 2 aromatic carbocycles. The molecule has 0 atom stereocenters. The molecule has 0 fully saturated rings. The van der Waals surface area contributed by atoms with Crippen molar-refractivity contribution in [2.24, 2.45) is 4.99 Å². The number of halogens is 1. The van der Waals surface area contributed by atoms with Crippen molar-refractivity contribution in [2.75, 3.05) is 0 Å². The van der Waals surface area contributed by atoms with Gasteiger partial charge in [-0.3, -0.25) is 4.99 Å². The minimum atomic E-state index is 0.841. The van der Waals surface area contributed by atoms with E-state index in [1.165, 1.54) is 5.56 Å². The smallest absolute Gasteiger partial charge is 0.0850 e. The Morgan fingerprint density at radius 2 is 1.38 bits per heavy atom. The molecule has 1 nitrogen and oxygen atoms in total. The van der Waals surface area contributed by atoms with Gasteiger partial charge in [0.25, 0.3) is 0 Å². The summed E-state index contributed by atoms with van der Waals surface area (Å²) in [5.74, 6) is 0. The Hall–Kier alpha value is -1.86. The van der Waals surface area contributed by atoms with Gasteiger partial charge in [-0.05, 0) is 24.8 Å². The molecule has 0 unspecified atom stereocenters. The molecular weight excluding hydrogens is 314 g/mol. The maximum Gasteiger partial charge on any atom is 0.0850 e. The molecule has 0 spiro atoms. The summed E-state index contributed by atoms with van der Waals surface area (Å²) in [6.07, 6.45) is 5.11. The van der Waals surface area contributed by atoms with Gasteiger partial charge in [0, 0.05) is 16.3 Å².